The highest BCUT2D eigenvalue weighted by Crippen LogP contribution is 2.25. The zero-order valence-electron chi connectivity index (χ0n) is 8.16. The highest BCUT2D eigenvalue weighted by molar-refractivity contribution is 5.85. The number of rotatable bonds is 1. The maximum absolute atomic E-state index is 13.4. The van der Waals surface area contributed by atoms with Crippen LogP contribution in [0, 0.1) is 5.82 Å². The zero-order valence-corrected chi connectivity index (χ0v) is 8.98. The molecule has 1 aromatic carbocycles. The van der Waals surface area contributed by atoms with Crippen LogP contribution in [-0.4, -0.2) is 18.2 Å². The zero-order chi connectivity index (χ0) is 9.97. The Balaban J connectivity index is 0.00000112. The number of nitrogens with one attached hydrogen (secondary N) is 1. The van der Waals surface area contributed by atoms with E-state index in [1.54, 1.807) is 6.07 Å². The van der Waals surface area contributed by atoms with Crippen LogP contribution >= 0.6 is 12.4 Å². The molecule has 0 fully saturated rings. The Morgan fingerprint density at radius 2 is 2.13 bits per heavy atom. The van der Waals surface area contributed by atoms with Crippen LogP contribution in [0.2, 0.25) is 0 Å². The van der Waals surface area contributed by atoms with Crippen LogP contribution in [0.4, 0.5) is 4.39 Å². The second-order valence-corrected chi connectivity index (χ2v) is 3.35. The van der Waals surface area contributed by atoms with Crippen molar-refractivity contribution in [3.63, 3.8) is 0 Å². The first-order chi connectivity index (χ1) is 6.77. The van der Waals surface area contributed by atoms with Gasteiger partial charge in [-0.1, -0.05) is 6.08 Å². The van der Waals surface area contributed by atoms with E-state index in [9.17, 15) is 4.39 Å². The molecule has 0 spiro atoms. The van der Waals surface area contributed by atoms with Gasteiger partial charge in [0.05, 0.1) is 0 Å². The molecule has 0 radical (unpaired) electrons. The molecule has 2 rings (SSSR count). The summed E-state index contributed by atoms with van der Waals surface area (Å²) in [6.07, 6.45) is 2.82. The predicted molar refractivity (Wildman–Crippen MR) is 60.8 cm³/mol. The Morgan fingerprint density at radius 3 is 2.73 bits per heavy atom. The lowest BCUT2D eigenvalue weighted by Gasteiger charge is -2.14. The van der Waals surface area contributed by atoms with Crippen molar-refractivity contribution in [3.8, 4) is 5.75 Å². The molecule has 82 valence electrons. The van der Waals surface area contributed by atoms with Crippen molar-refractivity contribution >= 4 is 18.0 Å². The maximum atomic E-state index is 13.4. The summed E-state index contributed by atoms with van der Waals surface area (Å²) in [5.41, 5.74) is 1.62. The summed E-state index contributed by atoms with van der Waals surface area (Å²) in [4.78, 5) is 0. The van der Waals surface area contributed by atoms with Crippen molar-refractivity contribution < 1.29 is 9.50 Å². The van der Waals surface area contributed by atoms with Crippen molar-refractivity contribution in [2.24, 2.45) is 0 Å². The first kappa shape index (κ1) is 12.0. The molecule has 1 aliphatic rings. The predicted octanol–water partition coefficient (Wildman–Crippen LogP) is 2.33. The van der Waals surface area contributed by atoms with E-state index in [1.807, 2.05) is 6.08 Å². The van der Waals surface area contributed by atoms with Gasteiger partial charge in [0.15, 0.2) is 0 Å². The van der Waals surface area contributed by atoms with Gasteiger partial charge in [-0.2, -0.15) is 0 Å². The quantitative estimate of drug-likeness (QED) is 0.775. The van der Waals surface area contributed by atoms with Crippen LogP contribution in [0.5, 0.6) is 5.75 Å². The van der Waals surface area contributed by atoms with Crippen molar-refractivity contribution in [2.45, 2.75) is 6.42 Å². The molecule has 1 heterocycles. The minimum atomic E-state index is -0.349. The van der Waals surface area contributed by atoms with Crippen LogP contribution in [0.25, 0.3) is 5.57 Å². The van der Waals surface area contributed by atoms with E-state index in [0.29, 0.717) is 5.56 Å². The van der Waals surface area contributed by atoms with Gasteiger partial charge in [-0.25, -0.2) is 4.39 Å². The van der Waals surface area contributed by atoms with Crippen LogP contribution in [0.1, 0.15) is 12.0 Å². The first-order valence-electron chi connectivity index (χ1n) is 4.66. The number of hydrogen-bond acceptors (Lipinski definition) is 2. The van der Waals surface area contributed by atoms with Crippen molar-refractivity contribution in [2.75, 3.05) is 13.1 Å². The molecule has 0 bridgehead atoms. The summed E-state index contributed by atoms with van der Waals surface area (Å²) >= 11 is 0. The molecule has 0 saturated heterocycles. The van der Waals surface area contributed by atoms with Crippen LogP contribution in [-0.2, 0) is 0 Å². The Kier molecular flexibility index (Phi) is 4.12. The topological polar surface area (TPSA) is 32.3 Å². The third-order valence-electron chi connectivity index (χ3n) is 2.36. The van der Waals surface area contributed by atoms with Crippen LogP contribution in [0.3, 0.4) is 0 Å². The van der Waals surface area contributed by atoms with Gasteiger partial charge in [0.25, 0.3) is 0 Å². The van der Waals surface area contributed by atoms with Crippen molar-refractivity contribution in [3.05, 3.63) is 35.7 Å². The van der Waals surface area contributed by atoms with Gasteiger partial charge in [0.1, 0.15) is 11.6 Å². The van der Waals surface area contributed by atoms with Gasteiger partial charge in [-0.05, 0) is 30.7 Å². The average Bonchev–Trinajstić information content (AvgIpc) is 2.19. The number of phenolic OH excluding ortho intramolecular Hbond substituents is 1. The normalized spacial score (nSPS) is 15.4. The van der Waals surface area contributed by atoms with Crippen LogP contribution < -0.4 is 5.32 Å². The van der Waals surface area contributed by atoms with E-state index in [0.717, 1.165) is 31.1 Å². The molecule has 2 N–H and O–H groups in total. The fraction of sp³-hybridized carbons (Fsp3) is 0.273. The smallest absolute Gasteiger partial charge is 0.134 e. The number of hydrogen-bond donors (Lipinski definition) is 2. The Morgan fingerprint density at radius 1 is 1.33 bits per heavy atom. The number of benzene rings is 1. The minimum absolute atomic E-state index is 0. The highest BCUT2D eigenvalue weighted by atomic mass is 35.5. The summed E-state index contributed by atoms with van der Waals surface area (Å²) in [6.45, 7) is 1.67. The van der Waals surface area contributed by atoms with Gasteiger partial charge in [-0.3, -0.25) is 0 Å². The minimum Gasteiger partial charge on any atom is -0.508 e. The standard InChI is InChI=1S/C11H12FNO.ClH/c12-11-7-9(14)1-2-10(11)8-3-5-13-6-4-8;/h1-3,7,13-14H,4-6H2;1H. The molecule has 1 aromatic rings. The molecule has 15 heavy (non-hydrogen) atoms. The molecule has 0 atom stereocenters. The van der Waals surface area contributed by atoms with E-state index >= 15 is 0 Å². The summed E-state index contributed by atoms with van der Waals surface area (Å²) in [7, 11) is 0. The lowest BCUT2D eigenvalue weighted by molar-refractivity contribution is 0.468. The number of aromatic hydroxyl groups is 1. The molecular weight excluding hydrogens is 217 g/mol. The van der Waals surface area contributed by atoms with Crippen molar-refractivity contribution in [1.82, 2.24) is 5.32 Å². The van der Waals surface area contributed by atoms with Crippen molar-refractivity contribution in [1.29, 1.82) is 0 Å². The Hall–Kier alpha value is -1.06. The molecule has 0 aliphatic carbocycles. The molecule has 1 aliphatic heterocycles. The highest BCUT2D eigenvalue weighted by Gasteiger charge is 2.10. The molecule has 0 amide bonds. The fourth-order valence-electron chi connectivity index (χ4n) is 1.63. The van der Waals surface area contributed by atoms with Gasteiger partial charge < -0.3 is 10.4 Å². The Labute approximate surface area is 94.2 Å². The van der Waals surface area contributed by atoms with E-state index in [4.69, 9.17) is 5.11 Å². The summed E-state index contributed by atoms with van der Waals surface area (Å²) in [5, 5.41) is 12.2. The lowest BCUT2D eigenvalue weighted by Crippen LogP contribution is -2.20. The van der Waals surface area contributed by atoms with E-state index in [2.05, 4.69) is 5.32 Å². The van der Waals surface area contributed by atoms with Gasteiger partial charge in [0, 0.05) is 18.2 Å². The monoisotopic (exact) mass is 229 g/mol. The maximum Gasteiger partial charge on any atom is 0.134 e. The second-order valence-electron chi connectivity index (χ2n) is 3.35. The SMILES string of the molecule is Cl.Oc1ccc(C2=CCNCC2)c(F)c1. The largest absolute Gasteiger partial charge is 0.508 e. The molecule has 0 saturated carbocycles. The molecule has 0 unspecified atom stereocenters. The average molecular weight is 230 g/mol. The summed E-state index contributed by atoms with van der Waals surface area (Å²) in [5.74, 6) is -0.376. The molecule has 0 aromatic heterocycles. The van der Waals surface area contributed by atoms with E-state index < -0.39 is 0 Å². The third kappa shape index (κ3) is 2.70. The molecule has 4 heteroatoms. The van der Waals surface area contributed by atoms with Gasteiger partial charge >= 0.3 is 0 Å². The fourth-order valence-corrected chi connectivity index (χ4v) is 1.63. The van der Waals surface area contributed by atoms with E-state index in [-0.39, 0.29) is 24.0 Å². The lowest BCUT2D eigenvalue weighted by atomic mass is 10.00. The van der Waals surface area contributed by atoms with E-state index in [1.165, 1.54) is 6.07 Å². The van der Waals surface area contributed by atoms with Gasteiger partial charge in [-0.15, -0.1) is 12.4 Å². The molecule has 2 nitrogen and oxygen atoms in total. The second kappa shape index (κ2) is 5.14. The summed E-state index contributed by atoms with van der Waals surface area (Å²) < 4.78 is 13.4. The molecular formula is C11H13ClFNO. The number of halogens is 2. The first-order valence-corrected chi connectivity index (χ1v) is 4.66. The third-order valence-corrected chi connectivity index (χ3v) is 2.36. The number of phenols is 1. The Bertz CT molecular complexity index is 379. The summed E-state index contributed by atoms with van der Waals surface area (Å²) in [6, 6.07) is 4.29. The van der Waals surface area contributed by atoms with Crippen LogP contribution in [0.15, 0.2) is 24.3 Å². The van der Waals surface area contributed by atoms with Gasteiger partial charge in [0.2, 0.25) is 0 Å².